The Morgan fingerprint density at radius 3 is 2.75 bits per heavy atom. The lowest BCUT2D eigenvalue weighted by atomic mass is 10.2. The zero-order valence-corrected chi connectivity index (χ0v) is 14.5. The molecule has 108 valence electrons. The molecule has 0 fully saturated rings. The molecule has 1 heterocycles. The van der Waals surface area contributed by atoms with Crippen molar-refractivity contribution in [3.05, 3.63) is 45.4 Å². The van der Waals surface area contributed by atoms with Crippen LogP contribution < -0.4 is 4.74 Å². The molecule has 1 aromatic carbocycles. The summed E-state index contributed by atoms with van der Waals surface area (Å²) in [5.74, 6) is -0.0968. The van der Waals surface area contributed by atoms with Crippen molar-refractivity contribution in [2.24, 2.45) is 0 Å². The normalized spacial score (nSPS) is 10.8. The summed E-state index contributed by atoms with van der Waals surface area (Å²) in [4.78, 5) is 0. The second kappa shape index (κ2) is 6.72. The van der Waals surface area contributed by atoms with Gasteiger partial charge >= 0.3 is 0 Å². The van der Waals surface area contributed by atoms with Crippen molar-refractivity contribution in [3.63, 3.8) is 0 Å². The maximum Gasteiger partial charge on any atom is 0.165 e. The first-order valence-corrected chi connectivity index (χ1v) is 8.17. The molecule has 0 spiro atoms. The minimum absolute atomic E-state index is 0.253. The Morgan fingerprint density at radius 1 is 1.40 bits per heavy atom. The molecule has 0 aliphatic carbocycles. The van der Waals surface area contributed by atoms with Crippen LogP contribution in [0.3, 0.4) is 0 Å². The van der Waals surface area contributed by atoms with Crippen LogP contribution in [0.4, 0.5) is 4.39 Å². The van der Waals surface area contributed by atoms with Crippen molar-refractivity contribution in [2.75, 3.05) is 0 Å². The second-order valence-corrected chi connectivity index (χ2v) is 5.70. The molecular formula is C14H15Br2FN2O. The van der Waals surface area contributed by atoms with Crippen LogP contribution in [-0.2, 0) is 18.5 Å². The molecule has 0 saturated heterocycles. The van der Waals surface area contributed by atoms with Gasteiger partial charge in [0.1, 0.15) is 6.61 Å². The SMILES string of the molecule is CCn1nc(C)c(Br)c1COc1ccc(CBr)cc1F. The number of aromatic nitrogens is 2. The van der Waals surface area contributed by atoms with Crippen LogP contribution in [0.5, 0.6) is 5.75 Å². The third-order valence-corrected chi connectivity index (χ3v) is 4.65. The van der Waals surface area contributed by atoms with E-state index in [-0.39, 0.29) is 18.2 Å². The number of halogens is 3. The first-order valence-electron chi connectivity index (χ1n) is 6.25. The van der Waals surface area contributed by atoms with E-state index in [2.05, 4.69) is 37.0 Å². The Kier molecular flexibility index (Phi) is 5.21. The minimum Gasteiger partial charge on any atom is -0.484 e. The zero-order valence-electron chi connectivity index (χ0n) is 11.3. The minimum atomic E-state index is -0.350. The molecule has 1 aromatic heterocycles. The average molecular weight is 406 g/mol. The molecule has 0 radical (unpaired) electrons. The van der Waals surface area contributed by atoms with Crippen molar-refractivity contribution in [1.82, 2.24) is 9.78 Å². The van der Waals surface area contributed by atoms with Crippen molar-refractivity contribution in [1.29, 1.82) is 0 Å². The number of alkyl halides is 1. The van der Waals surface area contributed by atoms with Gasteiger partial charge in [-0.3, -0.25) is 4.68 Å². The number of nitrogens with zero attached hydrogens (tertiary/aromatic N) is 2. The van der Waals surface area contributed by atoms with Crippen LogP contribution in [0.1, 0.15) is 23.9 Å². The number of rotatable bonds is 5. The molecule has 2 rings (SSSR count). The van der Waals surface area contributed by atoms with Gasteiger partial charge in [-0.2, -0.15) is 5.10 Å². The van der Waals surface area contributed by atoms with Crippen molar-refractivity contribution < 1.29 is 9.13 Å². The second-order valence-electron chi connectivity index (χ2n) is 4.35. The molecule has 0 unspecified atom stereocenters. The average Bonchev–Trinajstić information content (AvgIpc) is 2.73. The van der Waals surface area contributed by atoms with E-state index >= 15 is 0 Å². The molecule has 0 aliphatic rings. The van der Waals surface area contributed by atoms with E-state index in [1.807, 2.05) is 24.6 Å². The lowest BCUT2D eigenvalue weighted by Gasteiger charge is -2.10. The fourth-order valence-corrected chi connectivity index (χ4v) is 2.64. The Hall–Kier alpha value is -0.880. The van der Waals surface area contributed by atoms with Crippen molar-refractivity contribution >= 4 is 31.9 Å². The highest BCUT2D eigenvalue weighted by Gasteiger charge is 2.13. The van der Waals surface area contributed by atoms with Crippen LogP contribution in [0.25, 0.3) is 0 Å². The first-order chi connectivity index (χ1) is 9.56. The Morgan fingerprint density at radius 2 is 2.15 bits per heavy atom. The molecule has 0 amide bonds. The van der Waals surface area contributed by atoms with E-state index < -0.39 is 0 Å². The topological polar surface area (TPSA) is 27.1 Å². The molecule has 0 aliphatic heterocycles. The monoisotopic (exact) mass is 404 g/mol. The number of hydrogen-bond acceptors (Lipinski definition) is 2. The molecule has 0 bridgehead atoms. The van der Waals surface area contributed by atoms with Crippen LogP contribution in [0, 0.1) is 12.7 Å². The van der Waals surface area contributed by atoms with Crippen LogP contribution >= 0.6 is 31.9 Å². The summed E-state index contributed by atoms with van der Waals surface area (Å²) >= 11 is 6.79. The van der Waals surface area contributed by atoms with Gasteiger partial charge in [0.05, 0.1) is 15.9 Å². The molecule has 20 heavy (non-hydrogen) atoms. The highest BCUT2D eigenvalue weighted by molar-refractivity contribution is 9.10. The number of aryl methyl sites for hydroxylation is 2. The van der Waals surface area contributed by atoms with E-state index in [0.717, 1.165) is 28.0 Å². The molecule has 0 N–H and O–H groups in total. The summed E-state index contributed by atoms with van der Waals surface area (Å²) in [5.41, 5.74) is 2.69. The summed E-state index contributed by atoms with van der Waals surface area (Å²) < 4.78 is 22.2. The van der Waals surface area contributed by atoms with Gasteiger partial charge in [-0.25, -0.2) is 4.39 Å². The molecular weight excluding hydrogens is 391 g/mol. The van der Waals surface area contributed by atoms with Crippen molar-refractivity contribution in [2.45, 2.75) is 32.3 Å². The van der Waals surface area contributed by atoms with Gasteiger partial charge in [-0.05, 0) is 47.5 Å². The molecule has 2 aromatic rings. The predicted molar refractivity (Wildman–Crippen MR) is 83.7 cm³/mol. The molecule has 0 saturated carbocycles. The standard InChI is InChI=1S/C14H15Br2FN2O/c1-3-19-12(14(16)9(2)18-19)8-20-13-5-4-10(7-15)6-11(13)17/h4-6H,3,7-8H2,1-2H3. The fraction of sp³-hybridized carbons (Fsp3) is 0.357. The van der Waals surface area contributed by atoms with Gasteiger partial charge in [0.15, 0.2) is 11.6 Å². The van der Waals surface area contributed by atoms with E-state index in [0.29, 0.717) is 5.33 Å². The van der Waals surface area contributed by atoms with Gasteiger partial charge in [0.2, 0.25) is 0 Å². The summed E-state index contributed by atoms with van der Waals surface area (Å²) in [7, 11) is 0. The van der Waals surface area contributed by atoms with E-state index in [1.165, 1.54) is 6.07 Å². The smallest absolute Gasteiger partial charge is 0.165 e. The van der Waals surface area contributed by atoms with Crippen LogP contribution in [0.15, 0.2) is 22.7 Å². The van der Waals surface area contributed by atoms with Gasteiger partial charge in [0.25, 0.3) is 0 Å². The zero-order chi connectivity index (χ0) is 14.7. The fourth-order valence-electron chi connectivity index (χ4n) is 1.90. The molecule has 6 heteroatoms. The van der Waals surface area contributed by atoms with Crippen LogP contribution in [-0.4, -0.2) is 9.78 Å². The maximum absolute atomic E-state index is 13.8. The highest BCUT2D eigenvalue weighted by Crippen LogP contribution is 2.25. The lowest BCUT2D eigenvalue weighted by Crippen LogP contribution is -2.07. The van der Waals surface area contributed by atoms with Crippen molar-refractivity contribution in [3.8, 4) is 5.75 Å². The Bertz CT molecular complexity index is 613. The summed E-state index contributed by atoms with van der Waals surface area (Å²) in [5, 5.41) is 5.00. The number of ether oxygens (including phenoxy) is 1. The predicted octanol–water partition coefficient (Wildman–Crippen LogP) is 4.59. The van der Waals surface area contributed by atoms with Gasteiger partial charge < -0.3 is 4.74 Å². The Balaban J connectivity index is 2.17. The first kappa shape index (κ1) is 15.5. The summed E-state index contributed by atoms with van der Waals surface area (Å²) in [6.45, 7) is 4.95. The molecule has 3 nitrogen and oxygen atoms in total. The quantitative estimate of drug-likeness (QED) is 0.680. The molecule has 0 atom stereocenters. The van der Waals surface area contributed by atoms with Gasteiger partial charge in [-0.15, -0.1) is 0 Å². The third kappa shape index (κ3) is 3.23. The third-order valence-electron chi connectivity index (χ3n) is 2.97. The number of hydrogen-bond donors (Lipinski definition) is 0. The van der Waals surface area contributed by atoms with E-state index in [9.17, 15) is 4.39 Å². The lowest BCUT2D eigenvalue weighted by molar-refractivity contribution is 0.277. The Labute approximate surface area is 134 Å². The summed E-state index contributed by atoms with van der Waals surface area (Å²) in [6, 6.07) is 4.96. The van der Waals surface area contributed by atoms with Gasteiger partial charge in [0, 0.05) is 11.9 Å². The van der Waals surface area contributed by atoms with Gasteiger partial charge in [-0.1, -0.05) is 22.0 Å². The maximum atomic E-state index is 13.8. The highest BCUT2D eigenvalue weighted by atomic mass is 79.9. The van der Waals surface area contributed by atoms with Crippen LogP contribution in [0.2, 0.25) is 0 Å². The number of benzene rings is 1. The van der Waals surface area contributed by atoms with E-state index in [4.69, 9.17) is 4.74 Å². The largest absolute Gasteiger partial charge is 0.484 e. The van der Waals surface area contributed by atoms with E-state index in [1.54, 1.807) is 6.07 Å². The summed E-state index contributed by atoms with van der Waals surface area (Å²) in [6.07, 6.45) is 0.